The van der Waals surface area contributed by atoms with Gasteiger partial charge >= 0.3 is 0 Å². The first-order chi connectivity index (χ1) is 12.5. The van der Waals surface area contributed by atoms with Crippen molar-refractivity contribution >= 4 is 35.0 Å². The molecular weight excluding hydrogens is 379 g/mol. The topological polar surface area (TPSA) is 76.7 Å². The summed E-state index contributed by atoms with van der Waals surface area (Å²) in [6.45, 7) is 0.408. The first kappa shape index (κ1) is 19.9. The van der Waals surface area contributed by atoms with Crippen molar-refractivity contribution in [3.05, 3.63) is 58.1 Å². The van der Waals surface area contributed by atoms with E-state index in [1.807, 2.05) is 0 Å². The van der Waals surface area contributed by atoms with Gasteiger partial charge < -0.3 is 20.1 Å². The predicted octanol–water partition coefficient (Wildman–Crippen LogP) is 2.93. The van der Waals surface area contributed by atoms with Crippen molar-refractivity contribution in [1.82, 2.24) is 10.6 Å². The van der Waals surface area contributed by atoms with Crippen LogP contribution in [0.3, 0.4) is 0 Å². The van der Waals surface area contributed by atoms with Crippen LogP contribution in [-0.2, 0) is 4.79 Å². The van der Waals surface area contributed by atoms with E-state index in [-0.39, 0.29) is 31.5 Å². The molecule has 6 nitrogen and oxygen atoms in total. The fraction of sp³-hybridized carbons (Fsp3) is 0.222. The van der Waals surface area contributed by atoms with E-state index in [1.54, 1.807) is 43.5 Å². The van der Waals surface area contributed by atoms with Crippen LogP contribution in [0.25, 0.3) is 0 Å². The minimum Gasteiger partial charge on any atom is -0.497 e. The highest BCUT2D eigenvalue weighted by molar-refractivity contribution is 6.42. The quantitative estimate of drug-likeness (QED) is 0.672. The summed E-state index contributed by atoms with van der Waals surface area (Å²) < 4.78 is 10.5. The summed E-state index contributed by atoms with van der Waals surface area (Å²) in [5.41, 5.74) is 0.395. The lowest BCUT2D eigenvalue weighted by Gasteiger charge is -2.09. The van der Waals surface area contributed by atoms with Crippen LogP contribution < -0.4 is 20.1 Å². The van der Waals surface area contributed by atoms with E-state index in [1.165, 1.54) is 6.07 Å². The molecule has 0 bridgehead atoms. The van der Waals surface area contributed by atoms with E-state index in [0.29, 0.717) is 27.1 Å². The normalized spacial score (nSPS) is 10.1. The molecule has 2 aromatic carbocycles. The highest BCUT2D eigenvalue weighted by Gasteiger charge is 2.08. The highest BCUT2D eigenvalue weighted by atomic mass is 35.5. The standard InChI is InChI=1S/C18H18Cl2N2O4/c1-25-13-3-2-4-14(10-13)26-11-17(23)21-7-8-22-18(24)12-5-6-15(19)16(20)9-12/h2-6,9-10H,7-8,11H2,1H3,(H,21,23)(H,22,24). The summed E-state index contributed by atoms with van der Waals surface area (Å²) in [7, 11) is 1.55. The number of nitrogens with one attached hydrogen (secondary N) is 2. The van der Waals surface area contributed by atoms with Gasteiger partial charge in [0.25, 0.3) is 11.8 Å². The molecule has 0 saturated carbocycles. The summed E-state index contributed by atoms with van der Waals surface area (Å²) in [4.78, 5) is 23.7. The van der Waals surface area contributed by atoms with Crippen molar-refractivity contribution in [2.45, 2.75) is 0 Å². The third kappa shape index (κ3) is 6.13. The third-order valence-corrected chi connectivity index (χ3v) is 4.06. The Morgan fingerprint density at radius 1 is 0.962 bits per heavy atom. The van der Waals surface area contributed by atoms with E-state index in [0.717, 1.165) is 0 Å². The number of benzene rings is 2. The number of ether oxygens (including phenoxy) is 2. The predicted molar refractivity (Wildman–Crippen MR) is 100 cm³/mol. The number of carbonyl (C=O) groups excluding carboxylic acids is 2. The fourth-order valence-electron chi connectivity index (χ4n) is 2.01. The molecule has 138 valence electrons. The second-order valence-corrected chi connectivity index (χ2v) is 6.02. The molecule has 2 rings (SSSR count). The smallest absolute Gasteiger partial charge is 0.258 e. The average molecular weight is 397 g/mol. The van der Waals surface area contributed by atoms with Crippen molar-refractivity contribution in [1.29, 1.82) is 0 Å². The second kappa shape index (κ2) is 9.89. The van der Waals surface area contributed by atoms with E-state index in [4.69, 9.17) is 32.7 Å². The molecule has 0 aliphatic rings. The summed E-state index contributed by atoms with van der Waals surface area (Å²) in [6.07, 6.45) is 0. The Balaban J connectivity index is 1.67. The Hall–Kier alpha value is -2.44. The summed E-state index contributed by atoms with van der Waals surface area (Å²) in [5, 5.41) is 6.02. The number of rotatable bonds is 8. The van der Waals surface area contributed by atoms with Crippen molar-refractivity contribution in [3.8, 4) is 11.5 Å². The summed E-state index contributed by atoms with van der Waals surface area (Å²) in [6, 6.07) is 11.6. The van der Waals surface area contributed by atoms with Crippen molar-refractivity contribution < 1.29 is 19.1 Å². The summed E-state index contributed by atoms with van der Waals surface area (Å²) in [5.74, 6) is 0.586. The van der Waals surface area contributed by atoms with Crippen LogP contribution in [0.5, 0.6) is 11.5 Å². The zero-order valence-electron chi connectivity index (χ0n) is 14.1. The molecule has 8 heteroatoms. The minimum atomic E-state index is -0.301. The minimum absolute atomic E-state index is 0.131. The van der Waals surface area contributed by atoms with Gasteiger partial charge in [-0.2, -0.15) is 0 Å². The highest BCUT2D eigenvalue weighted by Crippen LogP contribution is 2.22. The molecule has 0 fully saturated rings. The van der Waals surface area contributed by atoms with Gasteiger partial charge in [0.1, 0.15) is 11.5 Å². The Labute approximate surface area is 161 Å². The van der Waals surface area contributed by atoms with Gasteiger partial charge in [-0.05, 0) is 30.3 Å². The number of hydrogen-bond donors (Lipinski definition) is 2. The van der Waals surface area contributed by atoms with Gasteiger partial charge in [0.15, 0.2) is 6.61 Å². The van der Waals surface area contributed by atoms with Crippen LogP contribution >= 0.6 is 23.2 Å². The lowest BCUT2D eigenvalue weighted by Crippen LogP contribution is -2.36. The lowest BCUT2D eigenvalue weighted by molar-refractivity contribution is -0.123. The number of hydrogen-bond acceptors (Lipinski definition) is 4. The van der Waals surface area contributed by atoms with Crippen molar-refractivity contribution in [2.24, 2.45) is 0 Å². The van der Waals surface area contributed by atoms with Gasteiger partial charge in [-0.1, -0.05) is 29.3 Å². The maximum atomic E-state index is 12.0. The van der Waals surface area contributed by atoms with Gasteiger partial charge in [-0.25, -0.2) is 0 Å². The third-order valence-electron chi connectivity index (χ3n) is 3.33. The molecule has 0 atom stereocenters. The Morgan fingerprint density at radius 3 is 2.42 bits per heavy atom. The first-order valence-electron chi connectivity index (χ1n) is 7.76. The molecule has 0 heterocycles. The molecule has 26 heavy (non-hydrogen) atoms. The lowest BCUT2D eigenvalue weighted by atomic mass is 10.2. The maximum Gasteiger partial charge on any atom is 0.258 e. The van der Waals surface area contributed by atoms with E-state index >= 15 is 0 Å². The molecule has 2 amide bonds. The van der Waals surface area contributed by atoms with Crippen molar-refractivity contribution in [3.63, 3.8) is 0 Å². The molecule has 2 aromatic rings. The largest absolute Gasteiger partial charge is 0.497 e. The molecule has 0 aromatic heterocycles. The molecule has 0 aliphatic heterocycles. The number of carbonyl (C=O) groups is 2. The maximum absolute atomic E-state index is 12.0. The van der Waals surface area contributed by atoms with Gasteiger partial charge in [-0.3, -0.25) is 9.59 Å². The molecule has 2 N–H and O–H groups in total. The monoisotopic (exact) mass is 396 g/mol. The van der Waals surface area contributed by atoms with Gasteiger partial charge in [-0.15, -0.1) is 0 Å². The van der Waals surface area contributed by atoms with Crippen LogP contribution in [0.15, 0.2) is 42.5 Å². The van der Waals surface area contributed by atoms with E-state index in [9.17, 15) is 9.59 Å². The molecular formula is C18H18Cl2N2O4. The van der Waals surface area contributed by atoms with Crippen LogP contribution in [0, 0.1) is 0 Å². The van der Waals surface area contributed by atoms with E-state index < -0.39 is 0 Å². The van der Waals surface area contributed by atoms with Gasteiger partial charge in [0, 0.05) is 24.7 Å². The summed E-state index contributed by atoms with van der Waals surface area (Å²) >= 11 is 11.7. The number of halogens is 2. The molecule has 0 unspecified atom stereocenters. The van der Waals surface area contributed by atoms with Crippen LogP contribution in [0.2, 0.25) is 10.0 Å². The zero-order chi connectivity index (χ0) is 18.9. The van der Waals surface area contributed by atoms with Crippen molar-refractivity contribution in [2.75, 3.05) is 26.8 Å². The Morgan fingerprint density at radius 2 is 1.69 bits per heavy atom. The number of amides is 2. The van der Waals surface area contributed by atoms with Gasteiger partial charge in [0.2, 0.25) is 0 Å². The van der Waals surface area contributed by atoms with Crippen LogP contribution in [0.4, 0.5) is 0 Å². The first-order valence-corrected chi connectivity index (χ1v) is 8.52. The Kier molecular flexibility index (Phi) is 7.56. The van der Waals surface area contributed by atoms with Gasteiger partial charge in [0.05, 0.1) is 17.2 Å². The molecule has 0 radical (unpaired) electrons. The zero-order valence-corrected chi connectivity index (χ0v) is 15.6. The molecule has 0 aliphatic carbocycles. The van der Waals surface area contributed by atoms with E-state index in [2.05, 4.69) is 10.6 Å². The fourth-order valence-corrected chi connectivity index (χ4v) is 2.31. The number of methoxy groups -OCH3 is 1. The van der Waals surface area contributed by atoms with Crippen LogP contribution in [0.1, 0.15) is 10.4 Å². The molecule has 0 saturated heterocycles. The average Bonchev–Trinajstić information content (AvgIpc) is 2.65. The van der Waals surface area contributed by atoms with Crippen LogP contribution in [-0.4, -0.2) is 38.6 Å². The Bertz CT molecular complexity index is 784. The SMILES string of the molecule is COc1cccc(OCC(=O)NCCNC(=O)c2ccc(Cl)c(Cl)c2)c1. The second-order valence-electron chi connectivity index (χ2n) is 5.20. The molecule has 0 spiro atoms.